The second kappa shape index (κ2) is 6.62. The van der Waals surface area contributed by atoms with Crippen molar-refractivity contribution in [3.63, 3.8) is 0 Å². The Morgan fingerprint density at radius 2 is 1.96 bits per heavy atom. The van der Waals surface area contributed by atoms with E-state index in [9.17, 15) is 5.11 Å². The normalized spacial score (nSPS) is 18.0. The Bertz CT molecular complexity index is 764. The number of nitrogens with zero attached hydrogens (tertiary/aromatic N) is 6. The van der Waals surface area contributed by atoms with Crippen LogP contribution in [0.2, 0.25) is 0 Å². The zero-order chi connectivity index (χ0) is 16.4. The highest BCUT2D eigenvalue weighted by molar-refractivity contribution is 5.24. The largest absolute Gasteiger partial charge is 0.387 e. The lowest BCUT2D eigenvalue weighted by molar-refractivity contribution is 0.0533. The maximum absolute atomic E-state index is 10.5. The van der Waals surface area contributed by atoms with Crippen LogP contribution in [0.3, 0.4) is 0 Å². The summed E-state index contributed by atoms with van der Waals surface area (Å²) < 4.78 is 1.70. The minimum atomic E-state index is -0.481. The summed E-state index contributed by atoms with van der Waals surface area (Å²) in [7, 11) is 0. The highest BCUT2D eigenvalue weighted by Gasteiger charge is 2.27. The number of hydrogen-bond acceptors (Lipinski definition) is 6. The fourth-order valence-corrected chi connectivity index (χ4v) is 3.26. The van der Waals surface area contributed by atoms with E-state index in [2.05, 4.69) is 25.0 Å². The molecule has 124 valence electrons. The topological polar surface area (TPSA) is 79.4 Å². The van der Waals surface area contributed by atoms with E-state index in [0.29, 0.717) is 5.78 Å². The molecule has 1 aliphatic rings. The summed E-state index contributed by atoms with van der Waals surface area (Å²) in [5, 5.41) is 14.9. The van der Waals surface area contributed by atoms with Gasteiger partial charge in [0.25, 0.3) is 5.78 Å². The van der Waals surface area contributed by atoms with E-state index < -0.39 is 6.10 Å². The van der Waals surface area contributed by atoms with E-state index in [0.717, 1.165) is 44.0 Å². The number of aliphatic hydroxyl groups is 1. The van der Waals surface area contributed by atoms with Crippen LogP contribution >= 0.6 is 0 Å². The summed E-state index contributed by atoms with van der Waals surface area (Å²) in [6.07, 6.45) is 6.72. The van der Waals surface area contributed by atoms with E-state index in [4.69, 9.17) is 0 Å². The highest BCUT2D eigenvalue weighted by atomic mass is 16.3. The van der Waals surface area contributed by atoms with Gasteiger partial charge in [0, 0.05) is 18.6 Å². The van der Waals surface area contributed by atoms with E-state index >= 15 is 0 Å². The fourth-order valence-electron chi connectivity index (χ4n) is 3.26. The first-order chi connectivity index (χ1) is 11.8. The molecule has 1 atom stereocenters. The number of hydrogen-bond donors (Lipinski definition) is 1. The SMILES string of the molecule is OC(c1ccccn1)C1CCN(Cc2nc3ncccn3n2)CC1. The third-order valence-corrected chi connectivity index (χ3v) is 4.60. The zero-order valence-corrected chi connectivity index (χ0v) is 13.4. The molecule has 1 N–H and O–H groups in total. The predicted octanol–water partition coefficient (Wildman–Crippen LogP) is 1.46. The van der Waals surface area contributed by atoms with Gasteiger partial charge in [-0.05, 0) is 50.0 Å². The van der Waals surface area contributed by atoms with E-state index in [-0.39, 0.29) is 5.92 Å². The van der Waals surface area contributed by atoms with Gasteiger partial charge in [-0.25, -0.2) is 9.50 Å². The summed E-state index contributed by atoms with van der Waals surface area (Å²) >= 11 is 0. The van der Waals surface area contributed by atoms with Gasteiger partial charge in [0.1, 0.15) is 0 Å². The molecular weight excluding hydrogens is 304 g/mol. The van der Waals surface area contributed by atoms with Crippen molar-refractivity contribution in [3.05, 3.63) is 54.4 Å². The predicted molar refractivity (Wildman–Crippen MR) is 88.0 cm³/mol. The molecule has 0 amide bonds. The maximum atomic E-state index is 10.5. The lowest BCUT2D eigenvalue weighted by atomic mass is 9.89. The van der Waals surface area contributed by atoms with Crippen molar-refractivity contribution in [2.75, 3.05) is 13.1 Å². The maximum Gasteiger partial charge on any atom is 0.252 e. The summed E-state index contributed by atoms with van der Waals surface area (Å²) in [6, 6.07) is 7.53. The van der Waals surface area contributed by atoms with Crippen LogP contribution in [-0.4, -0.2) is 47.7 Å². The van der Waals surface area contributed by atoms with Crippen molar-refractivity contribution in [2.24, 2.45) is 5.92 Å². The smallest absolute Gasteiger partial charge is 0.252 e. The molecule has 4 rings (SSSR count). The van der Waals surface area contributed by atoms with Crippen LogP contribution in [0.5, 0.6) is 0 Å². The zero-order valence-electron chi connectivity index (χ0n) is 13.4. The first kappa shape index (κ1) is 15.2. The second-order valence-electron chi connectivity index (χ2n) is 6.21. The number of pyridine rings is 1. The number of fused-ring (bicyclic) bond motifs is 1. The van der Waals surface area contributed by atoms with Gasteiger partial charge in [-0.2, -0.15) is 4.98 Å². The van der Waals surface area contributed by atoms with Gasteiger partial charge < -0.3 is 5.11 Å². The molecule has 0 saturated carbocycles. The van der Waals surface area contributed by atoms with Gasteiger partial charge in [-0.3, -0.25) is 9.88 Å². The van der Waals surface area contributed by atoms with Crippen LogP contribution in [-0.2, 0) is 6.54 Å². The number of rotatable bonds is 4. The number of likely N-dealkylation sites (tertiary alicyclic amines) is 1. The van der Waals surface area contributed by atoms with Crippen LogP contribution in [0.4, 0.5) is 0 Å². The summed E-state index contributed by atoms with van der Waals surface area (Å²) in [4.78, 5) is 15.2. The van der Waals surface area contributed by atoms with Crippen LogP contribution < -0.4 is 0 Å². The molecule has 0 aliphatic carbocycles. The van der Waals surface area contributed by atoms with Crippen LogP contribution in [0.15, 0.2) is 42.9 Å². The van der Waals surface area contributed by atoms with Gasteiger partial charge >= 0.3 is 0 Å². The Labute approximate surface area is 140 Å². The lowest BCUT2D eigenvalue weighted by Crippen LogP contribution is -2.35. The van der Waals surface area contributed by atoms with Crippen LogP contribution in [0, 0.1) is 5.92 Å². The molecule has 0 aromatic carbocycles. The highest BCUT2D eigenvalue weighted by Crippen LogP contribution is 2.29. The standard InChI is InChI=1S/C17H20N6O/c24-16(14-4-1-2-7-18-14)13-5-10-22(11-6-13)12-15-20-17-19-8-3-9-23(17)21-15/h1-4,7-9,13,16,24H,5-6,10-12H2. The van der Waals surface area contributed by atoms with Crippen molar-refractivity contribution in [1.29, 1.82) is 0 Å². The molecule has 3 aromatic rings. The molecule has 4 heterocycles. The van der Waals surface area contributed by atoms with Gasteiger partial charge in [-0.15, -0.1) is 5.10 Å². The van der Waals surface area contributed by atoms with Gasteiger partial charge in [-0.1, -0.05) is 6.07 Å². The van der Waals surface area contributed by atoms with Crippen molar-refractivity contribution in [3.8, 4) is 0 Å². The lowest BCUT2D eigenvalue weighted by Gasteiger charge is -2.33. The summed E-state index contributed by atoms with van der Waals surface area (Å²) in [5.41, 5.74) is 0.768. The Balaban J connectivity index is 1.36. The number of piperidine rings is 1. The molecule has 3 aromatic heterocycles. The van der Waals surface area contributed by atoms with Gasteiger partial charge in [0.15, 0.2) is 5.82 Å². The van der Waals surface area contributed by atoms with E-state index in [1.165, 1.54) is 0 Å². The Morgan fingerprint density at radius 3 is 2.71 bits per heavy atom. The molecule has 1 fully saturated rings. The van der Waals surface area contributed by atoms with Crippen molar-refractivity contribution in [2.45, 2.75) is 25.5 Å². The Morgan fingerprint density at radius 1 is 1.12 bits per heavy atom. The third-order valence-electron chi connectivity index (χ3n) is 4.60. The van der Waals surface area contributed by atoms with Crippen LogP contribution in [0.25, 0.3) is 5.78 Å². The molecule has 1 unspecified atom stereocenters. The quantitative estimate of drug-likeness (QED) is 0.783. The molecular formula is C17H20N6O. The van der Waals surface area contributed by atoms with E-state index in [1.54, 1.807) is 16.9 Å². The first-order valence-electron chi connectivity index (χ1n) is 8.27. The molecule has 1 aliphatic heterocycles. The number of aliphatic hydroxyl groups excluding tert-OH is 1. The summed E-state index contributed by atoms with van der Waals surface area (Å²) in [6.45, 7) is 2.57. The van der Waals surface area contributed by atoms with Gasteiger partial charge in [0.05, 0.1) is 18.3 Å². The molecule has 7 heteroatoms. The molecule has 0 radical (unpaired) electrons. The fraction of sp³-hybridized carbons (Fsp3) is 0.412. The van der Waals surface area contributed by atoms with Crippen molar-refractivity contribution >= 4 is 5.78 Å². The minimum absolute atomic E-state index is 0.256. The first-order valence-corrected chi connectivity index (χ1v) is 8.27. The average molecular weight is 324 g/mol. The van der Waals surface area contributed by atoms with Gasteiger partial charge in [0.2, 0.25) is 0 Å². The third kappa shape index (κ3) is 3.13. The Kier molecular flexibility index (Phi) is 4.18. The molecule has 0 spiro atoms. The molecule has 0 bridgehead atoms. The molecule has 1 saturated heterocycles. The average Bonchev–Trinajstić information content (AvgIpc) is 3.05. The minimum Gasteiger partial charge on any atom is -0.387 e. The van der Waals surface area contributed by atoms with Crippen molar-refractivity contribution < 1.29 is 5.11 Å². The van der Waals surface area contributed by atoms with Crippen LogP contribution in [0.1, 0.15) is 30.5 Å². The second-order valence-corrected chi connectivity index (χ2v) is 6.21. The van der Waals surface area contributed by atoms with Crippen molar-refractivity contribution in [1.82, 2.24) is 29.5 Å². The Hall–Kier alpha value is -2.38. The molecule has 7 nitrogen and oxygen atoms in total. The monoisotopic (exact) mass is 324 g/mol. The molecule has 24 heavy (non-hydrogen) atoms. The summed E-state index contributed by atoms with van der Waals surface area (Å²) in [5.74, 6) is 1.68. The number of aromatic nitrogens is 5. The van der Waals surface area contributed by atoms with E-state index in [1.807, 2.05) is 30.5 Å².